The molecule has 2 aliphatic heterocycles. The summed E-state index contributed by atoms with van der Waals surface area (Å²) < 4.78 is 27.6. The van der Waals surface area contributed by atoms with Crippen molar-refractivity contribution in [2.45, 2.75) is 25.6 Å². The van der Waals surface area contributed by atoms with Crippen molar-refractivity contribution in [1.82, 2.24) is 0 Å². The molecule has 2 aliphatic rings. The first-order valence-electron chi connectivity index (χ1n) is 9.28. The Morgan fingerprint density at radius 1 is 1.11 bits per heavy atom. The number of carbonyl (C=O) groups excluding carboxylic acids is 1. The van der Waals surface area contributed by atoms with E-state index in [1.165, 1.54) is 0 Å². The monoisotopic (exact) mass is 404 g/mol. The Bertz CT molecular complexity index is 830. The molecule has 4 rings (SSSR count). The summed E-state index contributed by atoms with van der Waals surface area (Å²) in [5.41, 5.74) is 1.19. The van der Waals surface area contributed by atoms with Gasteiger partial charge in [0.1, 0.15) is 32.2 Å². The van der Waals surface area contributed by atoms with E-state index in [-0.39, 0.29) is 12.7 Å². The Morgan fingerprint density at radius 3 is 2.71 bits per heavy atom. The van der Waals surface area contributed by atoms with E-state index in [9.17, 15) is 4.79 Å². The first-order chi connectivity index (χ1) is 13.7. The molecule has 6 nitrogen and oxygen atoms in total. The van der Waals surface area contributed by atoms with Crippen molar-refractivity contribution in [3.63, 3.8) is 0 Å². The Hall–Kier alpha value is -2.44. The van der Waals surface area contributed by atoms with E-state index >= 15 is 0 Å². The molecular formula is C21H21ClO6. The van der Waals surface area contributed by atoms with Gasteiger partial charge >= 0.3 is 5.97 Å². The lowest BCUT2D eigenvalue weighted by Gasteiger charge is -2.20. The van der Waals surface area contributed by atoms with Crippen molar-refractivity contribution >= 4 is 17.6 Å². The van der Waals surface area contributed by atoms with Crippen LogP contribution in [0.2, 0.25) is 5.02 Å². The summed E-state index contributed by atoms with van der Waals surface area (Å²) >= 11 is 6.21. The van der Waals surface area contributed by atoms with Gasteiger partial charge in [0, 0.05) is 6.61 Å². The normalized spacial score (nSPS) is 18.0. The molecule has 0 bridgehead atoms. The van der Waals surface area contributed by atoms with Crippen LogP contribution >= 0.6 is 11.6 Å². The minimum atomic E-state index is -0.420. The van der Waals surface area contributed by atoms with Crippen molar-refractivity contribution in [2.75, 3.05) is 26.4 Å². The van der Waals surface area contributed by atoms with Crippen molar-refractivity contribution in [2.24, 2.45) is 0 Å². The summed E-state index contributed by atoms with van der Waals surface area (Å²) in [7, 11) is 0. The van der Waals surface area contributed by atoms with Crippen molar-refractivity contribution in [3.8, 4) is 17.2 Å². The fourth-order valence-electron chi connectivity index (χ4n) is 3.13. The molecule has 0 radical (unpaired) electrons. The molecule has 0 N–H and O–H groups in total. The number of carbonyl (C=O) groups is 1. The van der Waals surface area contributed by atoms with Crippen molar-refractivity contribution in [1.29, 1.82) is 0 Å². The molecule has 28 heavy (non-hydrogen) atoms. The molecule has 7 heteroatoms. The average Bonchev–Trinajstić information content (AvgIpc) is 3.25. The number of ether oxygens (including phenoxy) is 5. The summed E-state index contributed by atoms with van der Waals surface area (Å²) in [5.74, 6) is 1.38. The zero-order chi connectivity index (χ0) is 19.3. The summed E-state index contributed by atoms with van der Waals surface area (Å²) in [6.07, 6.45) is 2.25. The number of rotatable bonds is 6. The lowest BCUT2D eigenvalue weighted by Crippen LogP contribution is -2.16. The standard InChI is InChI=1S/C21H21ClO6/c22-18-10-14(11-19-20(18)26-9-8-25-19)12-28-21(23)15-3-5-16(6-4-15)27-13-17-2-1-7-24-17/h3-6,10-11,17H,1-2,7-9,12-13H2/t17-/m1/s1. The number of esters is 1. The van der Waals surface area contributed by atoms with Crippen molar-refractivity contribution < 1.29 is 28.5 Å². The number of fused-ring (bicyclic) bond motifs is 1. The molecule has 1 fully saturated rings. The largest absolute Gasteiger partial charge is 0.491 e. The highest BCUT2D eigenvalue weighted by Gasteiger charge is 2.18. The van der Waals surface area contributed by atoms with Gasteiger partial charge in [-0.15, -0.1) is 0 Å². The third kappa shape index (κ3) is 4.51. The molecule has 0 aromatic heterocycles. The van der Waals surface area contributed by atoms with Crippen LogP contribution in [-0.4, -0.2) is 38.5 Å². The molecule has 1 atom stereocenters. The number of benzene rings is 2. The SMILES string of the molecule is O=C(OCc1cc(Cl)c2c(c1)OCCO2)c1ccc(OC[C@H]2CCCO2)cc1. The second kappa shape index (κ2) is 8.71. The molecule has 0 saturated carbocycles. The molecule has 148 valence electrons. The van der Waals surface area contributed by atoms with Gasteiger partial charge in [0.25, 0.3) is 0 Å². The predicted molar refractivity (Wildman–Crippen MR) is 102 cm³/mol. The number of halogens is 1. The van der Waals surface area contributed by atoms with E-state index in [4.69, 9.17) is 35.3 Å². The Kier molecular flexibility index (Phi) is 5.88. The summed E-state index contributed by atoms with van der Waals surface area (Å²) in [5, 5.41) is 0.441. The lowest BCUT2D eigenvalue weighted by molar-refractivity contribution is 0.0471. The van der Waals surface area contributed by atoms with Crippen LogP contribution in [0.15, 0.2) is 36.4 Å². The van der Waals surface area contributed by atoms with E-state index in [1.807, 2.05) is 0 Å². The van der Waals surface area contributed by atoms with Crippen LogP contribution in [0.5, 0.6) is 17.2 Å². The molecule has 0 amide bonds. The molecular weight excluding hydrogens is 384 g/mol. The second-order valence-electron chi connectivity index (χ2n) is 6.65. The average molecular weight is 405 g/mol. The maximum Gasteiger partial charge on any atom is 0.338 e. The summed E-state index contributed by atoms with van der Waals surface area (Å²) in [6.45, 7) is 2.34. The smallest absolute Gasteiger partial charge is 0.338 e. The molecule has 0 aliphatic carbocycles. The van der Waals surface area contributed by atoms with Gasteiger partial charge in [0.2, 0.25) is 0 Å². The molecule has 0 spiro atoms. The summed E-state index contributed by atoms with van der Waals surface area (Å²) in [4.78, 5) is 12.3. The molecule has 2 aromatic rings. The lowest BCUT2D eigenvalue weighted by atomic mass is 10.2. The zero-order valence-corrected chi connectivity index (χ0v) is 16.1. The van der Waals surface area contributed by atoms with Crippen LogP contribution < -0.4 is 14.2 Å². The number of hydrogen-bond donors (Lipinski definition) is 0. The second-order valence-corrected chi connectivity index (χ2v) is 7.06. The van der Waals surface area contributed by atoms with Crippen LogP contribution in [0.4, 0.5) is 0 Å². The topological polar surface area (TPSA) is 63.2 Å². The van der Waals surface area contributed by atoms with Crippen LogP contribution in [-0.2, 0) is 16.1 Å². The van der Waals surface area contributed by atoms with E-state index < -0.39 is 5.97 Å². The third-order valence-corrected chi connectivity index (χ3v) is 4.86. The zero-order valence-electron chi connectivity index (χ0n) is 15.3. The van der Waals surface area contributed by atoms with Gasteiger partial charge in [-0.25, -0.2) is 4.79 Å². The van der Waals surface area contributed by atoms with Crippen LogP contribution in [0.3, 0.4) is 0 Å². The first-order valence-corrected chi connectivity index (χ1v) is 9.66. The van der Waals surface area contributed by atoms with E-state index in [2.05, 4.69) is 0 Å². The fourth-order valence-corrected chi connectivity index (χ4v) is 3.42. The predicted octanol–water partition coefficient (Wildman–Crippen LogP) is 4.03. The quantitative estimate of drug-likeness (QED) is 0.677. The maximum absolute atomic E-state index is 12.3. The Labute approximate surface area is 168 Å². The minimum absolute atomic E-state index is 0.0897. The number of hydrogen-bond acceptors (Lipinski definition) is 6. The van der Waals surface area contributed by atoms with E-state index in [0.717, 1.165) is 25.0 Å². The fraction of sp³-hybridized carbons (Fsp3) is 0.381. The highest BCUT2D eigenvalue weighted by molar-refractivity contribution is 6.32. The Balaban J connectivity index is 1.31. The highest BCUT2D eigenvalue weighted by Crippen LogP contribution is 2.38. The maximum atomic E-state index is 12.3. The summed E-state index contributed by atoms with van der Waals surface area (Å²) in [6, 6.07) is 10.4. The van der Waals surface area contributed by atoms with Gasteiger partial charge in [0.05, 0.1) is 16.7 Å². The van der Waals surface area contributed by atoms with Crippen LogP contribution in [0.25, 0.3) is 0 Å². The minimum Gasteiger partial charge on any atom is -0.491 e. The third-order valence-electron chi connectivity index (χ3n) is 4.58. The highest BCUT2D eigenvalue weighted by atomic mass is 35.5. The van der Waals surface area contributed by atoms with E-state index in [0.29, 0.717) is 47.7 Å². The van der Waals surface area contributed by atoms with Crippen molar-refractivity contribution in [3.05, 3.63) is 52.5 Å². The van der Waals surface area contributed by atoms with Gasteiger partial charge in [-0.3, -0.25) is 0 Å². The Morgan fingerprint density at radius 2 is 1.93 bits per heavy atom. The first kappa shape index (κ1) is 18.9. The van der Waals surface area contributed by atoms with Gasteiger partial charge in [0.15, 0.2) is 11.5 Å². The molecule has 2 aromatic carbocycles. The van der Waals surface area contributed by atoms with E-state index in [1.54, 1.807) is 36.4 Å². The molecule has 1 saturated heterocycles. The van der Waals surface area contributed by atoms with Gasteiger partial charge in [-0.1, -0.05) is 11.6 Å². The van der Waals surface area contributed by atoms with Gasteiger partial charge in [-0.2, -0.15) is 0 Å². The van der Waals surface area contributed by atoms with Crippen LogP contribution in [0.1, 0.15) is 28.8 Å². The molecule has 2 heterocycles. The van der Waals surface area contributed by atoms with Gasteiger partial charge < -0.3 is 23.7 Å². The van der Waals surface area contributed by atoms with Crippen LogP contribution in [0, 0.1) is 0 Å². The van der Waals surface area contributed by atoms with Gasteiger partial charge in [-0.05, 0) is 54.8 Å². The molecule has 0 unspecified atom stereocenters.